The van der Waals surface area contributed by atoms with E-state index in [1.165, 1.54) is 6.42 Å². The van der Waals surface area contributed by atoms with Gasteiger partial charge in [0.2, 0.25) is 0 Å². The van der Waals surface area contributed by atoms with Gasteiger partial charge in [0.05, 0.1) is 11.8 Å². The lowest BCUT2D eigenvalue weighted by Crippen LogP contribution is -2.26. The highest BCUT2D eigenvalue weighted by Gasteiger charge is 2.23. The summed E-state index contributed by atoms with van der Waals surface area (Å²) in [5.41, 5.74) is 2.10. The first kappa shape index (κ1) is 11.7. The van der Waals surface area contributed by atoms with Crippen LogP contribution in [0.5, 0.6) is 0 Å². The van der Waals surface area contributed by atoms with Crippen molar-refractivity contribution in [3.8, 4) is 0 Å². The maximum atomic E-state index is 5.56. The first-order valence-electron chi connectivity index (χ1n) is 6.58. The Balaban J connectivity index is 1.56. The van der Waals surface area contributed by atoms with E-state index in [9.17, 15) is 0 Å². The number of imidazole rings is 1. The zero-order valence-electron chi connectivity index (χ0n) is 10.7. The van der Waals surface area contributed by atoms with Gasteiger partial charge in [0.1, 0.15) is 5.65 Å². The van der Waals surface area contributed by atoms with Crippen molar-refractivity contribution in [3.05, 3.63) is 36.3 Å². The normalized spacial score (nSPS) is 23.8. The van der Waals surface area contributed by atoms with Gasteiger partial charge in [0.15, 0.2) is 0 Å². The molecule has 1 fully saturated rings. The van der Waals surface area contributed by atoms with Crippen molar-refractivity contribution in [2.24, 2.45) is 5.92 Å². The molecule has 0 bridgehead atoms. The Labute approximate surface area is 107 Å². The van der Waals surface area contributed by atoms with Crippen molar-refractivity contribution in [1.82, 2.24) is 14.7 Å². The summed E-state index contributed by atoms with van der Waals surface area (Å²) in [4.78, 5) is 4.57. The molecule has 3 heterocycles. The van der Waals surface area contributed by atoms with E-state index in [0.717, 1.165) is 31.0 Å². The molecule has 18 heavy (non-hydrogen) atoms. The minimum absolute atomic E-state index is 0.388. The maximum absolute atomic E-state index is 5.56. The van der Waals surface area contributed by atoms with Crippen LogP contribution in [0.2, 0.25) is 0 Å². The molecule has 1 N–H and O–H groups in total. The molecule has 0 saturated carbocycles. The van der Waals surface area contributed by atoms with Gasteiger partial charge in [-0.2, -0.15) is 0 Å². The van der Waals surface area contributed by atoms with Crippen molar-refractivity contribution >= 4 is 5.65 Å². The molecule has 0 radical (unpaired) electrons. The number of nitrogens with one attached hydrogen (secondary N) is 1. The minimum Gasteiger partial charge on any atom is -0.378 e. The van der Waals surface area contributed by atoms with E-state index in [0.29, 0.717) is 12.0 Å². The summed E-state index contributed by atoms with van der Waals surface area (Å²) >= 11 is 0. The molecule has 2 atom stereocenters. The van der Waals surface area contributed by atoms with Crippen LogP contribution in [-0.2, 0) is 11.3 Å². The molecule has 0 amide bonds. The third-order valence-corrected chi connectivity index (χ3v) is 3.66. The second kappa shape index (κ2) is 5.08. The van der Waals surface area contributed by atoms with Gasteiger partial charge in [-0.3, -0.25) is 0 Å². The molecule has 96 valence electrons. The maximum Gasteiger partial charge on any atom is 0.137 e. The number of pyridine rings is 1. The van der Waals surface area contributed by atoms with Gasteiger partial charge in [-0.25, -0.2) is 4.98 Å². The highest BCUT2D eigenvalue weighted by molar-refractivity contribution is 5.39. The highest BCUT2D eigenvalue weighted by Crippen LogP contribution is 2.19. The standard InChI is InChI=1S/C14H19N3O/c1-11-12(5-7-18-11)8-15-9-13-10-17-6-3-2-4-14(17)16-13/h2-4,6,10-12,15H,5,7-9H2,1H3. The molecule has 0 aliphatic carbocycles. The van der Waals surface area contributed by atoms with Gasteiger partial charge in [0.25, 0.3) is 0 Å². The molecule has 2 unspecified atom stereocenters. The van der Waals surface area contributed by atoms with Crippen molar-refractivity contribution in [1.29, 1.82) is 0 Å². The van der Waals surface area contributed by atoms with Crippen LogP contribution < -0.4 is 5.32 Å². The Morgan fingerprint density at radius 2 is 2.44 bits per heavy atom. The van der Waals surface area contributed by atoms with Gasteiger partial charge in [-0.05, 0) is 31.4 Å². The third-order valence-electron chi connectivity index (χ3n) is 3.66. The van der Waals surface area contributed by atoms with Crippen LogP contribution in [0.4, 0.5) is 0 Å². The number of nitrogens with zero attached hydrogens (tertiary/aromatic N) is 2. The predicted molar refractivity (Wildman–Crippen MR) is 70.4 cm³/mol. The summed E-state index contributed by atoms with van der Waals surface area (Å²) in [5, 5.41) is 3.48. The fraction of sp³-hybridized carbons (Fsp3) is 0.500. The van der Waals surface area contributed by atoms with E-state index in [-0.39, 0.29) is 0 Å². The first-order chi connectivity index (χ1) is 8.83. The first-order valence-corrected chi connectivity index (χ1v) is 6.58. The van der Waals surface area contributed by atoms with Crippen LogP contribution in [0.1, 0.15) is 19.0 Å². The number of hydrogen-bond donors (Lipinski definition) is 1. The molecule has 2 aromatic heterocycles. The third kappa shape index (κ3) is 2.40. The highest BCUT2D eigenvalue weighted by atomic mass is 16.5. The van der Waals surface area contributed by atoms with Gasteiger partial charge in [-0.15, -0.1) is 0 Å². The van der Waals surface area contributed by atoms with Crippen LogP contribution in [0, 0.1) is 5.92 Å². The predicted octanol–water partition coefficient (Wildman–Crippen LogP) is 1.85. The van der Waals surface area contributed by atoms with E-state index in [4.69, 9.17) is 4.74 Å². The van der Waals surface area contributed by atoms with Crippen LogP contribution >= 0.6 is 0 Å². The Morgan fingerprint density at radius 1 is 1.50 bits per heavy atom. The zero-order valence-corrected chi connectivity index (χ0v) is 10.7. The monoisotopic (exact) mass is 245 g/mol. The lowest BCUT2D eigenvalue weighted by atomic mass is 10.0. The molecule has 1 saturated heterocycles. The van der Waals surface area contributed by atoms with Gasteiger partial charge >= 0.3 is 0 Å². The largest absolute Gasteiger partial charge is 0.378 e. The van der Waals surface area contributed by atoms with Crippen molar-refractivity contribution in [2.75, 3.05) is 13.2 Å². The summed E-state index contributed by atoms with van der Waals surface area (Å²) in [6.07, 6.45) is 5.66. The Morgan fingerprint density at radius 3 is 3.22 bits per heavy atom. The van der Waals surface area contributed by atoms with E-state index in [2.05, 4.69) is 27.8 Å². The average molecular weight is 245 g/mol. The summed E-state index contributed by atoms with van der Waals surface area (Å²) in [7, 11) is 0. The molecule has 0 spiro atoms. The summed E-state index contributed by atoms with van der Waals surface area (Å²) in [5.74, 6) is 0.641. The molecular formula is C14H19N3O. The number of fused-ring (bicyclic) bond motifs is 1. The lowest BCUT2D eigenvalue weighted by Gasteiger charge is -2.13. The van der Waals surface area contributed by atoms with Gasteiger partial charge in [0, 0.05) is 32.1 Å². The molecule has 1 aliphatic rings. The number of rotatable bonds is 4. The lowest BCUT2D eigenvalue weighted by molar-refractivity contribution is 0.105. The van der Waals surface area contributed by atoms with Crippen molar-refractivity contribution in [3.63, 3.8) is 0 Å². The summed E-state index contributed by atoms with van der Waals surface area (Å²) in [6.45, 7) is 4.89. The van der Waals surface area contributed by atoms with Gasteiger partial charge in [-0.1, -0.05) is 6.07 Å². The molecule has 4 heteroatoms. The van der Waals surface area contributed by atoms with E-state index < -0.39 is 0 Å². The smallest absolute Gasteiger partial charge is 0.137 e. The molecule has 0 aromatic carbocycles. The SMILES string of the molecule is CC1OCCC1CNCc1cn2ccccc2n1. The van der Waals surface area contributed by atoms with Crippen LogP contribution in [-0.4, -0.2) is 28.6 Å². The molecule has 4 nitrogen and oxygen atoms in total. The van der Waals surface area contributed by atoms with E-state index in [1.807, 2.05) is 24.4 Å². The number of ether oxygens (including phenoxy) is 1. The average Bonchev–Trinajstić information content (AvgIpc) is 2.96. The van der Waals surface area contributed by atoms with Crippen LogP contribution in [0.25, 0.3) is 5.65 Å². The van der Waals surface area contributed by atoms with Crippen molar-refractivity contribution in [2.45, 2.75) is 26.0 Å². The fourth-order valence-electron chi connectivity index (χ4n) is 2.50. The number of aromatic nitrogens is 2. The quantitative estimate of drug-likeness (QED) is 0.893. The second-order valence-electron chi connectivity index (χ2n) is 4.95. The fourth-order valence-corrected chi connectivity index (χ4v) is 2.50. The zero-order chi connectivity index (χ0) is 12.4. The van der Waals surface area contributed by atoms with Crippen molar-refractivity contribution < 1.29 is 4.74 Å². The second-order valence-corrected chi connectivity index (χ2v) is 4.95. The molecule has 2 aromatic rings. The topological polar surface area (TPSA) is 38.6 Å². The minimum atomic E-state index is 0.388. The van der Waals surface area contributed by atoms with Crippen LogP contribution in [0.15, 0.2) is 30.6 Å². The number of hydrogen-bond acceptors (Lipinski definition) is 3. The van der Waals surface area contributed by atoms with Gasteiger partial charge < -0.3 is 14.5 Å². The molecule has 3 rings (SSSR count). The molecule has 1 aliphatic heterocycles. The summed E-state index contributed by atoms with van der Waals surface area (Å²) in [6, 6.07) is 6.05. The summed E-state index contributed by atoms with van der Waals surface area (Å²) < 4.78 is 7.61. The Bertz CT molecular complexity index is 489. The van der Waals surface area contributed by atoms with E-state index >= 15 is 0 Å². The van der Waals surface area contributed by atoms with E-state index in [1.54, 1.807) is 0 Å². The van der Waals surface area contributed by atoms with Crippen LogP contribution in [0.3, 0.4) is 0 Å². The molecular weight excluding hydrogens is 226 g/mol. The Hall–Kier alpha value is -1.39. The Kier molecular flexibility index (Phi) is 3.30.